The van der Waals surface area contributed by atoms with Crippen molar-refractivity contribution in [3.63, 3.8) is 0 Å². The van der Waals surface area contributed by atoms with Crippen LogP contribution in [0.3, 0.4) is 0 Å². The van der Waals surface area contributed by atoms with E-state index in [1.54, 1.807) is 12.1 Å². The number of fused-ring (bicyclic) bond motifs is 1. The number of hydrogen-bond donors (Lipinski definition) is 1. The number of pyridine rings is 1. The standard InChI is InChI=1S/C20H19ClF2N4O2/c21-15-4-2-13(3-5-15)11-27-16-8-14(9-24-18(16)25-10-17(27)28)19(29)26-7-1-6-20(22,23)12-26/h2-5,8-9H,1,6-7,10-12H2,(H,24,25). The maximum atomic E-state index is 13.7. The van der Waals surface area contributed by atoms with E-state index >= 15 is 0 Å². The molecule has 0 spiro atoms. The van der Waals surface area contributed by atoms with Gasteiger partial charge in [0.1, 0.15) is 0 Å². The van der Waals surface area contributed by atoms with Crippen LogP contribution in [0.25, 0.3) is 0 Å². The first kappa shape index (κ1) is 19.6. The minimum Gasteiger partial charge on any atom is -0.359 e. The Balaban J connectivity index is 1.61. The maximum Gasteiger partial charge on any atom is 0.265 e. The highest BCUT2D eigenvalue weighted by atomic mass is 35.5. The first-order chi connectivity index (χ1) is 13.8. The van der Waals surface area contributed by atoms with Crippen LogP contribution in [0.1, 0.15) is 28.8 Å². The van der Waals surface area contributed by atoms with Crippen LogP contribution in [0.2, 0.25) is 5.02 Å². The maximum absolute atomic E-state index is 13.7. The lowest BCUT2D eigenvalue weighted by Gasteiger charge is -2.33. The molecule has 2 aliphatic heterocycles. The number of likely N-dealkylation sites (tertiary alicyclic amines) is 1. The Morgan fingerprint density at radius 1 is 1.28 bits per heavy atom. The van der Waals surface area contributed by atoms with E-state index in [1.807, 2.05) is 12.1 Å². The first-order valence-electron chi connectivity index (χ1n) is 9.28. The second kappa shape index (κ2) is 7.59. The molecule has 1 fully saturated rings. The Labute approximate surface area is 171 Å². The van der Waals surface area contributed by atoms with Crippen molar-refractivity contribution in [2.75, 3.05) is 29.9 Å². The Morgan fingerprint density at radius 2 is 2.03 bits per heavy atom. The van der Waals surface area contributed by atoms with E-state index in [-0.39, 0.29) is 43.9 Å². The number of carbonyl (C=O) groups is 2. The van der Waals surface area contributed by atoms with Crippen LogP contribution in [-0.2, 0) is 11.3 Å². The molecule has 9 heteroatoms. The molecular formula is C20H19ClF2N4O2. The molecule has 6 nitrogen and oxygen atoms in total. The minimum absolute atomic E-state index is 0.0826. The molecule has 1 N–H and O–H groups in total. The molecule has 1 aromatic heterocycles. The quantitative estimate of drug-likeness (QED) is 0.824. The van der Waals surface area contributed by atoms with E-state index in [4.69, 9.17) is 11.6 Å². The molecule has 4 rings (SSSR count). The molecule has 2 amide bonds. The summed E-state index contributed by atoms with van der Waals surface area (Å²) in [6, 6.07) is 8.64. The van der Waals surface area contributed by atoms with Gasteiger partial charge in [0.05, 0.1) is 30.9 Å². The number of benzene rings is 1. The largest absolute Gasteiger partial charge is 0.359 e. The number of carbonyl (C=O) groups excluding carboxylic acids is 2. The van der Waals surface area contributed by atoms with Crippen LogP contribution in [0, 0.1) is 0 Å². The molecule has 0 unspecified atom stereocenters. The Kier molecular flexibility index (Phi) is 5.12. The Hall–Kier alpha value is -2.74. The van der Waals surface area contributed by atoms with Gasteiger partial charge in [-0.1, -0.05) is 23.7 Å². The highest BCUT2D eigenvalue weighted by molar-refractivity contribution is 6.30. The topological polar surface area (TPSA) is 65.5 Å². The average Bonchev–Trinajstić information content (AvgIpc) is 2.70. The molecule has 0 bridgehead atoms. The fraction of sp³-hybridized carbons (Fsp3) is 0.350. The van der Waals surface area contributed by atoms with E-state index in [1.165, 1.54) is 17.2 Å². The van der Waals surface area contributed by atoms with Crippen molar-refractivity contribution in [2.24, 2.45) is 0 Å². The van der Waals surface area contributed by atoms with E-state index in [0.717, 1.165) is 10.5 Å². The highest BCUT2D eigenvalue weighted by Gasteiger charge is 2.37. The molecule has 152 valence electrons. The fourth-order valence-electron chi connectivity index (χ4n) is 3.57. The summed E-state index contributed by atoms with van der Waals surface area (Å²) in [7, 11) is 0. The monoisotopic (exact) mass is 420 g/mol. The second-order valence-corrected chi connectivity index (χ2v) is 7.67. The lowest BCUT2D eigenvalue weighted by molar-refractivity contribution is -0.117. The number of amides is 2. The summed E-state index contributed by atoms with van der Waals surface area (Å²) in [6.45, 7) is 0.0385. The van der Waals surface area contributed by atoms with E-state index in [2.05, 4.69) is 10.3 Å². The highest BCUT2D eigenvalue weighted by Crippen LogP contribution is 2.32. The number of hydrogen-bond acceptors (Lipinski definition) is 4. The normalized spacial score (nSPS) is 18.2. The van der Waals surface area contributed by atoms with Crippen LogP contribution < -0.4 is 10.2 Å². The van der Waals surface area contributed by atoms with Crippen LogP contribution in [0.15, 0.2) is 36.5 Å². The Bertz CT molecular complexity index is 952. The van der Waals surface area contributed by atoms with Gasteiger partial charge in [-0.25, -0.2) is 13.8 Å². The molecule has 2 aliphatic rings. The summed E-state index contributed by atoms with van der Waals surface area (Å²) in [5, 5.41) is 3.52. The molecule has 0 atom stereocenters. The molecule has 1 saturated heterocycles. The van der Waals surface area contributed by atoms with Gasteiger partial charge in [-0.15, -0.1) is 0 Å². The zero-order valence-electron chi connectivity index (χ0n) is 15.5. The van der Waals surface area contributed by atoms with Gasteiger partial charge in [0.2, 0.25) is 5.91 Å². The molecule has 1 aromatic carbocycles. The third kappa shape index (κ3) is 4.17. The molecule has 3 heterocycles. The number of piperidine rings is 1. The zero-order chi connectivity index (χ0) is 20.6. The molecule has 29 heavy (non-hydrogen) atoms. The van der Waals surface area contributed by atoms with Gasteiger partial charge in [-0.2, -0.15) is 0 Å². The van der Waals surface area contributed by atoms with Crippen molar-refractivity contribution in [3.8, 4) is 0 Å². The molecule has 2 aromatic rings. The number of nitrogens with zero attached hydrogens (tertiary/aromatic N) is 3. The summed E-state index contributed by atoms with van der Waals surface area (Å²) in [4.78, 5) is 32.2. The van der Waals surface area contributed by atoms with Crippen molar-refractivity contribution >= 4 is 34.9 Å². The first-order valence-corrected chi connectivity index (χ1v) is 9.66. The lowest BCUT2D eigenvalue weighted by Crippen LogP contribution is -2.46. The van der Waals surface area contributed by atoms with Gasteiger partial charge in [0.15, 0.2) is 5.82 Å². The number of nitrogens with one attached hydrogen (secondary N) is 1. The van der Waals surface area contributed by atoms with Crippen LogP contribution in [-0.4, -0.2) is 47.3 Å². The molecular weight excluding hydrogens is 402 g/mol. The Morgan fingerprint density at radius 3 is 2.76 bits per heavy atom. The van der Waals surface area contributed by atoms with Crippen molar-refractivity contribution < 1.29 is 18.4 Å². The molecule has 0 saturated carbocycles. The van der Waals surface area contributed by atoms with Gasteiger partial charge >= 0.3 is 0 Å². The van der Waals surface area contributed by atoms with Crippen molar-refractivity contribution in [1.29, 1.82) is 0 Å². The van der Waals surface area contributed by atoms with E-state index in [9.17, 15) is 18.4 Å². The third-order valence-electron chi connectivity index (χ3n) is 5.05. The zero-order valence-corrected chi connectivity index (χ0v) is 16.3. The number of anilines is 2. The molecule has 0 aliphatic carbocycles. The predicted octanol–water partition coefficient (Wildman–Crippen LogP) is 3.57. The van der Waals surface area contributed by atoms with Crippen LogP contribution in [0.4, 0.5) is 20.3 Å². The second-order valence-electron chi connectivity index (χ2n) is 7.24. The summed E-state index contributed by atoms with van der Waals surface area (Å²) in [5.74, 6) is -3.10. The third-order valence-corrected chi connectivity index (χ3v) is 5.30. The number of alkyl halides is 2. The lowest BCUT2D eigenvalue weighted by atomic mass is 10.1. The van der Waals surface area contributed by atoms with E-state index in [0.29, 0.717) is 16.5 Å². The van der Waals surface area contributed by atoms with Crippen molar-refractivity contribution in [3.05, 3.63) is 52.7 Å². The van der Waals surface area contributed by atoms with Gasteiger partial charge in [0.25, 0.3) is 11.8 Å². The van der Waals surface area contributed by atoms with Crippen LogP contribution >= 0.6 is 11.6 Å². The SMILES string of the molecule is O=C(c1cnc2c(c1)N(Cc1ccc(Cl)cc1)C(=O)CN2)N1CCCC(F)(F)C1. The van der Waals surface area contributed by atoms with Crippen molar-refractivity contribution in [1.82, 2.24) is 9.88 Å². The predicted molar refractivity (Wildman–Crippen MR) is 105 cm³/mol. The fourth-order valence-corrected chi connectivity index (χ4v) is 3.69. The van der Waals surface area contributed by atoms with Gasteiger partial charge < -0.3 is 15.1 Å². The summed E-state index contributed by atoms with van der Waals surface area (Å²) >= 11 is 5.92. The summed E-state index contributed by atoms with van der Waals surface area (Å²) in [5.41, 5.74) is 1.49. The summed E-state index contributed by atoms with van der Waals surface area (Å²) in [6.07, 6.45) is 1.39. The van der Waals surface area contributed by atoms with Crippen LogP contribution in [0.5, 0.6) is 0 Å². The molecule has 0 radical (unpaired) electrons. The average molecular weight is 421 g/mol. The van der Waals surface area contributed by atoms with E-state index < -0.39 is 18.4 Å². The van der Waals surface area contributed by atoms with Gasteiger partial charge in [0, 0.05) is 24.2 Å². The van der Waals surface area contributed by atoms with Gasteiger partial charge in [-0.05, 0) is 30.2 Å². The minimum atomic E-state index is -2.88. The van der Waals surface area contributed by atoms with Crippen molar-refractivity contribution in [2.45, 2.75) is 25.3 Å². The number of halogens is 3. The van der Waals surface area contributed by atoms with Gasteiger partial charge in [-0.3, -0.25) is 9.59 Å². The smallest absolute Gasteiger partial charge is 0.265 e. The summed E-state index contributed by atoms with van der Waals surface area (Å²) < 4.78 is 27.4. The number of rotatable bonds is 3. The number of aromatic nitrogens is 1.